The number of carbonyl (C=O) groups excluding carboxylic acids is 1. The van der Waals surface area contributed by atoms with Gasteiger partial charge in [-0.05, 0) is 53.9 Å². The van der Waals surface area contributed by atoms with Crippen LogP contribution in [0.1, 0.15) is 53.9 Å². The normalized spacial score (nSPS) is 25.0. The maximum Gasteiger partial charge on any atom is 0.410 e. The predicted molar refractivity (Wildman–Crippen MR) is 91.6 cm³/mol. The highest BCUT2D eigenvalue weighted by atomic mass is 16.6. The molecule has 1 amide bonds. The number of ether oxygens (including phenoxy) is 2. The summed E-state index contributed by atoms with van der Waals surface area (Å²) in [5, 5.41) is 3.65. The van der Waals surface area contributed by atoms with Crippen LogP contribution in [0, 0.1) is 0 Å². The molecule has 1 saturated heterocycles. The first-order chi connectivity index (χ1) is 10.6. The number of hydrogen-bond acceptors (Lipinski definition) is 4. The van der Waals surface area contributed by atoms with Gasteiger partial charge in [0.05, 0.1) is 5.60 Å². The molecule has 2 heterocycles. The summed E-state index contributed by atoms with van der Waals surface area (Å²) < 4.78 is 11.2. The van der Waals surface area contributed by atoms with Crippen LogP contribution in [-0.2, 0) is 9.47 Å². The average molecular weight is 324 g/mol. The van der Waals surface area contributed by atoms with E-state index >= 15 is 0 Å². The Kier molecular flexibility index (Phi) is 5.74. The van der Waals surface area contributed by atoms with E-state index in [0.29, 0.717) is 12.6 Å². The van der Waals surface area contributed by atoms with E-state index in [4.69, 9.17) is 9.47 Å². The number of amides is 1. The van der Waals surface area contributed by atoms with Crippen LogP contribution in [-0.4, -0.2) is 54.5 Å². The highest BCUT2D eigenvalue weighted by Crippen LogP contribution is 2.24. The molecule has 1 atom stereocenters. The maximum atomic E-state index is 12.0. The van der Waals surface area contributed by atoms with Crippen molar-refractivity contribution in [3.05, 3.63) is 11.6 Å². The average Bonchev–Trinajstić information content (AvgIpc) is 2.43. The summed E-state index contributed by atoms with van der Waals surface area (Å²) in [5.41, 5.74) is 0.928. The fourth-order valence-corrected chi connectivity index (χ4v) is 3.05. The van der Waals surface area contributed by atoms with Crippen LogP contribution in [0.25, 0.3) is 0 Å². The zero-order valence-corrected chi connectivity index (χ0v) is 15.3. The number of nitrogens with zero attached hydrogens (tertiary/aromatic N) is 1. The second kappa shape index (κ2) is 7.22. The molecule has 132 valence electrons. The van der Waals surface area contributed by atoms with Crippen molar-refractivity contribution in [2.75, 3.05) is 26.2 Å². The number of nitrogens with one attached hydrogen (secondary N) is 1. The van der Waals surface area contributed by atoms with Gasteiger partial charge in [-0.25, -0.2) is 4.79 Å². The zero-order chi connectivity index (χ0) is 17.1. The van der Waals surface area contributed by atoms with Crippen LogP contribution in [0.5, 0.6) is 0 Å². The topological polar surface area (TPSA) is 50.8 Å². The molecule has 5 heteroatoms. The van der Waals surface area contributed by atoms with E-state index < -0.39 is 5.60 Å². The monoisotopic (exact) mass is 324 g/mol. The summed E-state index contributed by atoms with van der Waals surface area (Å²) in [5.74, 6) is 0. The van der Waals surface area contributed by atoms with Crippen LogP contribution < -0.4 is 5.32 Å². The highest BCUT2D eigenvalue weighted by molar-refractivity contribution is 5.68. The van der Waals surface area contributed by atoms with Gasteiger partial charge in [0.15, 0.2) is 0 Å². The molecule has 0 spiro atoms. The molecular weight excluding hydrogens is 292 g/mol. The van der Waals surface area contributed by atoms with E-state index in [-0.39, 0.29) is 11.7 Å². The van der Waals surface area contributed by atoms with Crippen molar-refractivity contribution < 1.29 is 14.3 Å². The molecule has 0 aliphatic carbocycles. The summed E-state index contributed by atoms with van der Waals surface area (Å²) in [4.78, 5) is 13.8. The van der Waals surface area contributed by atoms with Gasteiger partial charge in [-0.3, -0.25) is 0 Å². The lowest BCUT2D eigenvalue weighted by Gasteiger charge is -2.36. The predicted octanol–water partition coefficient (Wildman–Crippen LogP) is 3.10. The molecule has 2 aliphatic heterocycles. The molecule has 0 radical (unpaired) electrons. The first-order valence-electron chi connectivity index (χ1n) is 8.68. The first-order valence-corrected chi connectivity index (χ1v) is 8.68. The zero-order valence-electron chi connectivity index (χ0n) is 15.3. The van der Waals surface area contributed by atoms with Crippen LogP contribution >= 0.6 is 0 Å². The summed E-state index contributed by atoms with van der Waals surface area (Å²) in [6.45, 7) is 13.1. The molecule has 23 heavy (non-hydrogen) atoms. The smallest absolute Gasteiger partial charge is 0.410 e. The minimum absolute atomic E-state index is 0.0234. The largest absolute Gasteiger partial charge is 0.444 e. The van der Waals surface area contributed by atoms with E-state index in [1.54, 1.807) is 4.90 Å². The Balaban J connectivity index is 1.75. The van der Waals surface area contributed by atoms with E-state index in [1.165, 1.54) is 5.57 Å². The summed E-state index contributed by atoms with van der Waals surface area (Å²) in [6, 6.07) is 0.517. The third-order valence-corrected chi connectivity index (χ3v) is 4.27. The number of rotatable bonds is 3. The Morgan fingerprint density at radius 2 is 2.22 bits per heavy atom. The van der Waals surface area contributed by atoms with Crippen molar-refractivity contribution in [2.24, 2.45) is 0 Å². The van der Waals surface area contributed by atoms with Gasteiger partial charge in [-0.1, -0.05) is 11.6 Å². The van der Waals surface area contributed by atoms with Crippen molar-refractivity contribution in [3.8, 4) is 0 Å². The van der Waals surface area contributed by atoms with Crippen LogP contribution in [0.4, 0.5) is 4.79 Å². The van der Waals surface area contributed by atoms with E-state index in [1.807, 2.05) is 20.8 Å². The van der Waals surface area contributed by atoms with Crippen LogP contribution in [0.15, 0.2) is 11.6 Å². The summed E-state index contributed by atoms with van der Waals surface area (Å²) >= 11 is 0. The minimum atomic E-state index is -0.432. The second-order valence-electron chi connectivity index (χ2n) is 8.22. The van der Waals surface area contributed by atoms with Crippen molar-refractivity contribution in [2.45, 2.75) is 71.1 Å². The summed E-state index contributed by atoms with van der Waals surface area (Å²) in [7, 11) is 0. The minimum Gasteiger partial charge on any atom is -0.444 e. The lowest BCUT2D eigenvalue weighted by atomic mass is 9.93. The van der Waals surface area contributed by atoms with Gasteiger partial charge in [0.2, 0.25) is 0 Å². The van der Waals surface area contributed by atoms with Crippen molar-refractivity contribution in [3.63, 3.8) is 0 Å². The molecule has 2 rings (SSSR count). The number of carbonyl (C=O) groups is 1. The first kappa shape index (κ1) is 18.3. The molecule has 0 bridgehead atoms. The Bertz CT molecular complexity index is 452. The molecule has 0 aromatic heterocycles. The Labute approximate surface area is 140 Å². The third-order valence-electron chi connectivity index (χ3n) is 4.27. The van der Waals surface area contributed by atoms with Crippen molar-refractivity contribution in [1.82, 2.24) is 10.2 Å². The van der Waals surface area contributed by atoms with Gasteiger partial charge in [0, 0.05) is 32.3 Å². The Morgan fingerprint density at radius 3 is 2.78 bits per heavy atom. The van der Waals surface area contributed by atoms with Gasteiger partial charge in [0.1, 0.15) is 5.60 Å². The van der Waals surface area contributed by atoms with E-state index in [0.717, 1.165) is 39.0 Å². The lowest BCUT2D eigenvalue weighted by Crippen LogP contribution is -2.45. The molecule has 1 fully saturated rings. The molecule has 2 aliphatic rings. The molecule has 0 aromatic carbocycles. The van der Waals surface area contributed by atoms with Crippen molar-refractivity contribution in [1.29, 1.82) is 0 Å². The molecular formula is C18H32N2O3. The van der Waals surface area contributed by atoms with E-state index in [9.17, 15) is 4.79 Å². The van der Waals surface area contributed by atoms with Gasteiger partial charge in [0.25, 0.3) is 0 Å². The third kappa shape index (κ3) is 6.15. The molecule has 0 saturated carbocycles. The van der Waals surface area contributed by atoms with Gasteiger partial charge >= 0.3 is 6.09 Å². The highest BCUT2D eigenvalue weighted by Gasteiger charge is 2.29. The molecule has 0 aromatic rings. The fourth-order valence-electron chi connectivity index (χ4n) is 3.05. The Morgan fingerprint density at radius 1 is 1.48 bits per heavy atom. The molecule has 1 unspecified atom stereocenters. The fraction of sp³-hybridized carbons (Fsp3) is 0.833. The molecule has 1 N–H and O–H groups in total. The van der Waals surface area contributed by atoms with E-state index in [2.05, 4.69) is 25.2 Å². The SMILES string of the molecule is CC(C)(C)OC(=O)N1CC=C(CNC2CCOC(C)(C)C2)CC1. The lowest BCUT2D eigenvalue weighted by molar-refractivity contribution is -0.0625. The summed E-state index contributed by atoms with van der Waals surface area (Å²) in [6.07, 6.45) is 4.97. The standard InChI is InChI=1S/C18H32N2O3/c1-17(2,3)23-16(21)20-9-6-14(7-10-20)13-19-15-8-11-22-18(4,5)12-15/h6,15,19H,7-13H2,1-5H3. The number of hydrogen-bond donors (Lipinski definition) is 1. The van der Waals surface area contributed by atoms with Gasteiger partial charge < -0.3 is 19.7 Å². The van der Waals surface area contributed by atoms with Crippen molar-refractivity contribution >= 4 is 6.09 Å². The molecule has 5 nitrogen and oxygen atoms in total. The van der Waals surface area contributed by atoms with Gasteiger partial charge in [-0.15, -0.1) is 0 Å². The Hall–Kier alpha value is -1.07. The van der Waals surface area contributed by atoms with Gasteiger partial charge in [-0.2, -0.15) is 0 Å². The van der Waals surface area contributed by atoms with Crippen LogP contribution in [0.2, 0.25) is 0 Å². The van der Waals surface area contributed by atoms with Crippen LogP contribution in [0.3, 0.4) is 0 Å². The quantitative estimate of drug-likeness (QED) is 0.811. The second-order valence-corrected chi connectivity index (χ2v) is 8.22. The maximum absolute atomic E-state index is 12.0.